The molecule has 1 fully saturated rings. The van der Waals surface area contributed by atoms with Gasteiger partial charge in [-0.25, -0.2) is 23.4 Å². The Kier molecular flexibility index (Phi) is 3.10. The van der Waals surface area contributed by atoms with Crippen molar-refractivity contribution in [3.8, 4) is 11.6 Å². The molecule has 2 aromatic heterocycles. The number of nitrogens with zero attached hydrogens (tertiary/aromatic N) is 4. The van der Waals surface area contributed by atoms with Crippen LogP contribution in [0.1, 0.15) is 18.9 Å². The zero-order valence-electron chi connectivity index (χ0n) is 12.0. The monoisotopic (exact) mass is 317 g/mol. The van der Waals surface area contributed by atoms with Crippen LogP contribution in [0, 0.1) is 5.82 Å². The van der Waals surface area contributed by atoms with Gasteiger partial charge in [0.05, 0.1) is 6.04 Å². The molecule has 1 aliphatic carbocycles. The molecule has 2 N–H and O–H groups in total. The van der Waals surface area contributed by atoms with E-state index in [1.54, 1.807) is 10.7 Å². The highest BCUT2D eigenvalue weighted by Crippen LogP contribution is 2.39. The van der Waals surface area contributed by atoms with Crippen LogP contribution in [0.25, 0.3) is 11.0 Å². The van der Waals surface area contributed by atoms with Crippen molar-refractivity contribution < 1.29 is 13.5 Å². The van der Waals surface area contributed by atoms with Crippen molar-refractivity contribution in [2.75, 3.05) is 5.73 Å². The van der Waals surface area contributed by atoms with Gasteiger partial charge in [0.1, 0.15) is 35.3 Å². The van der Waals surface area contributed by atoms with Crippen molar-refractivity contribution in [1.82, 2.24) is 19.7 Å². The molecule has 1 saturated carbocycles. The SMILES string of the molecule is Nc1ncnc2c1c(Oc1cccc(F)c1)nn2C1CC(F)C1. The molecule has 0 aliphatic heterocycles. The summed E-state index contributed by atoms with van der Waals surface area (Å²) in [6.45, 7) is 0. The Labute approximate surface area is 129 Å². The molecule has 6 nitrogen and oxygen atoms in total. The van der Waals surface area contributed by atoms with E-state index in [-0.39, 0.29) is 23.5 Å². The zero-order chi connectivity index (χ0) is 16.0. The van der Waals surface area contributed by atoms with Crippen molar-refractivity contribution in [2.24, 2.45) is 0 Å². The number of alkyl halides is 1. The summed E-state index contributed by atoms with van der Waals surface area (Å²) in [5.41, 5.74) is 6.40. The molecule has 0 bridgehead atoms. The normalized spacial score (nSPS) is 20.4. The Morgan fingerprint density at radius 1 is 1.26 bits per heavy atom. The number of hydrogen-bond acceptors (Lipinski definition) is 5. The van der Waals surface area contributed by atoms with Gasteiger partial charge in [0, 0.05) is 18.9 Å². The first-order valence-corrected chi connectivity index (χ1v) is 7.18. The number of fused-ring (bicyclic) bond motifs is 1. The predicted octanol–water partition coefficient (Wildman–Crippen LogP) is 3.01. The first-order valence-electron chi connectivity index (χ1n) is 7.18. The highest BCUT2D eigenvalue weighted by Gasteiger charge is 2.33. The van der Waals surface area contributed by atoms with Crippen LogP contribution >= 0.6 is 0 Å². The molecule has 0 amide bonds. The Balaban J connectivity index is 1.79. The Hall–Kier alpha value is -2.77. The summed E-state index contributed by atoms with van der Waals surface area (Å²) in [6, 6.07) is 5.60. The van der Waals surface area contributed by atoms with Gasteiger partial charge >= 0.3 is 0 Å². The lowest BCUT2D eigenvalue weighted by Gasteiger charge is -2.29. The van der Waals surface area contributed by atoms with Gasteiger partial charge in [-0.3, -0.25) is 0 Å². The second-order valence-corrected chi connectivity index (χ2v) is 5.49. The number of ether oxygens (including phenoxy) is 1. The van der Waals surface area contributed by atoms with Crippen LogP contribution in [0.3, 0.4) is 0 Å². The van der Waals surface area contributed by atoms with Crippen LogP contribution in [0.4, 0.5) is 14.6 Å². The predicted molar refractivity (Wildman–Crippen MR) is 79.4 cm³/mol. The molecule has 2 heterocycles. The van der Waals surface area contributed by atoms with Crippen LogP contribution in [-0.4, -0.2) is 25.9 Å². The summed E-state index contributed by atoms with van der Waals surface area (Å²) in [6.07, 6.45) is 1.25. The third-order valence-corrected chi connectivity index (χ3v) is 3.90. The van der Waals surface area contributed by atoms with Gasteiger partial charge in [-0.2, -0.15) is 0 Å². The lowest BCUT2D eigenvalue weighted by molar-refractivity contribution is 0.129. The van der Waals surface area contributed by atoms with E-state index in [0.717, 1.165) is 0 Å². The molecular formula is C15H13F2N5O. The molecular weight excluding hydrogens is 304 g/mol. The molecule has 0 radical (unpaired) electrons. The van der Waals surface area contributed by atoms with Crippen LogP contribution in [0.2, 0.25) is 0 Å². The molecule has 0 atom stereocenters. The summed E-state index contributed by atoms with van der Waals surface area (Å²) < 4.78 is 33.7. The molecule has 3 aromatic rings. The summed E-state index contributed by atoms with van der Waals surface area (Å²) in [4.78, 5) is 8.13. The Bertz CT molecular complexity index is 875. The third kappa shape index (κ3) is 2.36. The van der Waals surface area contributed by atoms with Crippen LogP contribution < -0.4 is 10.5 Å². The van der Waals surface area contributed by atoms with Crippen LogP contribution in [-0.2, 0) is 0 Å². The minimum absolute atomic E-state index is 0.0911. The zero-order valence-corrected chi connectivity index (χ0v) is 12.0. The van der Waals surface area contributed by atoms with E-state index < -0.39 is 12.0 Å². The summed E-state index contributed by atoms with van der Waals surface area (Å²) in [7, 11) is 0. The average molecular weight is 317 g/mol. The fourth-order valence-electron chi connectivity index (χ4n) is 2.65. The van der Waals surface area contributed by atoms with Gasteiger partial charge < -0.3 is 10.5 Å². The molecule has 118 valence electrons. The second kappa shape index (κ2) is 5.15. The number of halogens is 2. The number of hydrogen-bond donors (Lipinski definition) is 1. The summed E-state index contributed by atoms with van der Waals surface area (Å²) in [5, 5.41) is 4.80. The maximum absolute atomic E-state index is 13.3. The third-order valence-electron chi connectivity index (χ3n) is 3.90. The lowest BCUT2D eigenvalue weighted by atomic mass is 9.91. The average Bonchev–Trinajstić information content (AvgIpc) is 2.84. The summed E-state index contributed by atoms with van der Waals surface area (Å²) >= 11 is 0. The highest BCUT2D eigenvalue weighted by molar-refractivity contribution is 5.90. The van der Waals surface area contributed by atoms with Crippen LogP contribution in [0.5, 0.6) is 11.6 Å². The number of nitrogens with two attached hydrogens (primary N) is 1. The lowest BCUT2D eigenvalue weighted by Crippen LogP contribution is -2.28. The van der Waals surface area contributed by atoms with Crippen molar-refractivity contribution in [3.63, 3.8) is 0 Å². The summed E-state index contributed by atoms with van der Waals surface area (Å²) in [5.74, 6) is 0.265. The molecule has 1 aliphatic rings. The Morgan fingerprint density at radius 3 is 2.83 bits per heavy atom. The van der Waals surface area contributed by atoms with Gasteiger partial charge in [-0.15, -0.1) is 5.10 Å². The molecule has 8 heteroatoms. The number of rotatable bonds is 3. The fraction of sp³-hybridized carbons (Fsp3) is 0.267. The van der Waals surface area contributed by atoms with E-state index in [1.165, 1.54) is 24.5 Å². The minimum Gasteiger partial charge on any atom is -0.437 e. The molecule has 0 unspecified atom stereocenters. The van der Waals surface area contributed by atoms with Crippen molar-refractivity contribution in [2.45, 2.75) is 25.1 Å². The second-order valence-electron chi connectivity index (χ2n) is 5.49. The van der Waals surface area contributed by atoms with E-state index in [1.807, 2.05) is 0 Å². The number of nitrogen functional groups attached to an aromatic ring is 1. The quantitative estimate of drug-likeness (QED) is 0.803. The van der Waals surface area contributed by atoms with Gasteiger partial charge in [0.2, 0.25) is 0 Å². The van der Waals surface area contributed by atoms with E-state index in [4.69, 9.17) is 10.5 Å². The molecule has 1 aromatic carbocycles. The Morgan fingerprint density at radius 2 is 2.09 bits per heavy atom. The first-order chi connectivity index (χ1) is 11.1. The highest BCUT2D eigenvalue weighted by atomic mass is 19.1. The van der Waals surface area contributed by atoms with Crippen molar-refractivity contribution >= 4 is 16.9 Å². The number of anilines is 1. The maximum Gasteiger partial charge on any atom is 0.251 e. The van der Waals surface area contributed by atoms with Gasteiger partial charge in [-0.1, -0.05) is 6.07 Å². The van der Waals surface area contributed by atoms with Crippen LogP contribution in [0.15, 0.2) is 30.6 Å². The van der Waals surface area contributed by atoms with Gasteiger partial charge in [0.25, 0.3) is 5.88 Å². The van der Waals surface area contributed by atoms with E-state index >= 15 is 0 Å². The standard InChI is InChI=1S/C15H13F2N5O/c16-8-2-1-3-11(6-8)23-15-12-13(18)19-7-20-14(12)22(21-15)10-4-9(17)5-10/h1-3,6-7,9-10H,4-5H2,(H2,18,19,20). The number of benzene rings is 1. The molecule has 4 rings (SSSR count). The fourth-order valence-corrected chi connectivity index (χ4v) is 2.65. The van der Waals surface area contributed by atoms with E-state index in [9.17, 15) is 8.78 Å². The van der Waals surface area contributed by atoms with Crippen molar-refractivity contribution in [3.05, 3.63) is 36.4 Å². The number of aromatic nitrogens is 4. The van der Waals surface area contributed by atoms with Crippen molar-refractivity contribution in [1.29, 1.82) is 0 Å². The molecule has 23 heavy (non-hydrogen) atoms. The topological polar surface area (TPSA) is 78.8 Å². The van der Waals surface area contributed by atoms with Gasteiger partial charge in [-0.05, 0) is 12.1 Å². The van der Waals surface area contributed by atoms with E-state index in [2.05, 4.69) is 15.1 Å². The smallest absolute Gasteiger partial charge is 0.251 e. The minimum atomic E-state index is -0.828. The first kappa shape index (κ1) is 13.9. The largest absolute Gasteiger partial charge is 0.437 e. The molecule has 0 spiro atoms. The van der Waals surface area contributed by atoms with E-state index in [0.29, 0.717) is 23.9 Å². The van der Waals surface area contributed by atoms with Gasteiger partial charge in [0.15, 0.2) is 5.65 Å². The molecule has 0 saturated heterocycles. The maximum atomic E-state index is 13.3.